The van der Waals surface area contributed by atoms with E-state index in [4.69, 9.17) is 0 Å². The molecule has 1 aliphatic heterocycles. The minimum Gasteiger partial charge on any atom is -0.394 e. The summed E-state index contributed by atoms with van der Waals surface area (Å²) >= 11 is 0. The van der Waals surface area contributed by atoms with Crippen molar-refractivity contribution in [2.24, 2.45) is 0 Å². The Balaban J connectivity index is 0. The summed E-state index contributed by atoms with van der Waals surface area (Å²) in [5.74, 6) is -1.11. The normalized spacial score (nSPS) is 18.6. The molecule has 0 saturated carbocycles. The van der Waals surface area contributed by atoms with Crippen molar-refractivity contribution < 1.29 is 35.4 Å². The predicted octanol–water partition coefficient (Wildman–Crippen LogP) is 1.26. The number of carbonyl (C=O) groups excluding carboxylic acids is 3. The van der Waals surface area contributed by atoms with E-state index in [0.29, 0.717) is 12.0 Å². The summed E-state index contributed by atoms with van der Waals surface area (Å²) in [6.07, 6.45) is 6.59. The number of amides is 3. The van der Waals surface area contributed by atoms with Gasteiger partial charge in [0.05, 0.1) is 6.04 Å². The standard InChI is InChI=1S/C12H15N2O3.C2H6.W/c1-3-5-8(4-2)11(16)13-9-6-7-10(15)14-12(9)17;1-2;/h3-4,9H,6-7H2,1-2H3,(H,13,16)(H,14,15,17);1-2H3;/q-1;;/b8-4+;;. The van der Waals surface area contributed by atoms with Crippen molar-refractivity contribution >= 4 is 17.7 Å². The molecule has 0 aromatic heterocycles. The third-order valence-electron chi connectivity index (χ3n) is 2.38. The Labute approximate surface area is 134 Å². The smallest absolute Gasteiger partial charge is 0.248 e. The van der Waals surface area contributed by atoms with Gasteiger partial charge in [-0.1, -0.05) is 27.7 Å². The molecular formula is C14H21N2O3W-. The van der Waals surface area contributed by atoms with Crippen molar-refractivity contribution in [3.05, 3.63) is 23.8 Å². The van der Waals surface area contributed by atoms with Gasteiger partial charge in [0.15, 0.2) is 0 Å². The molecule has 1 atom stereocenters. The van der Waals surface area contributed by atoms with Gasteiger partial charge in [0.1, 0.15) is 5.91 Å². The molecule has 2 N–H and O–H groups in total. The van der Waals surface area contributed by atoms with Crippen LogP contribution in [0.3, 0.4) is 0 Å². The van der Waals surface area contributed by atoms with Gasteiger partial charge in [-0.05, 0) is 6.42 Å². The van der Waals surface area contributed by atoms with Gasteiger partial charge in [-0.2, -0.15) is 12.2 Å². The number of carbonyl (C=O) groups is 3. The monoisotopic (exact) mass is 449 g/mol. The van der Waals surface area contributed by atoms with Gasteiger partial charge in [-0.3, -0.25) is 14.9 Å². The minimum atomic E-state index is -0.645. The van der Waals surface area contributed by atoms with Crippen LogP contribution in [-0.4, -0.2) is 23.8 Å². The van der Waals surface area contributed by atoms with Crippen LogP contribution in [0.15, 0.2) is 17.7 Å². The maximum absolute atomic E-state index is 11.7. The van der Waals surface area contributed by atoms with E-state index in [9.17, 15) is 14.4 Å². The van der Waals surface area contributed by atoms with Gasteiger partial charge in [0, 0.05) is 27.5 Å². The first-order valence-electron chi connectivity index (χ1n) is 6.43. The Morgan fingerprint density at radius 1 is 1.35 bits per heavy atom. The molecule has 1 saturated heterocycles. The van der Waals surface area contributed by atoms with Crippen molar-refractivity contribution in [1.82, 2.24) is 10.6 Å². The largest absolute Gasteiger partial charge is 0.394 e. The van der Waals surface area contributed by atoms with Gasteiger partial charge >= 0.3 is 0 Å². The number of piperidine rings is 1. The van der Waals surface area contributed by atoms with Crippen LogP contribution in [0.2, 0.25) is 0 Å². The van der Waals surface area contributed by atoms with Crippen molar-refractivity contribution in [3.8, 4) is 0 Å². The summed E-state index contributed by atoms with van der Waals surface area (Å²) in [4.78, 5) is 34.1. The van der Waals surface area contributed by atoms with Crippen LogP contribution in [0.25, 0.3) is 0 Å². The summed E-state index contributed by atoms with van der Waals surface area (Å²) in [6.45, 7) is 7.47. The van der Waals surface area contributed by atoms with E-state index in [1.807, 2.05) is 13.8 Å². The Morgan fingerprint density at radius 3 is 2.40 bits per heavy atom. The second-order valence-corrected chi connectivity index (χ2v) is 3.61. The van der Waals surface area contributed by atoms with Crippen molar-refractivity contribution in [1.29, 1.82) is 0 Å². The second-order valence-electron chi connectivity index (χ2n) is 3.61. The van der Waals surface area contributed by atoms with Crippen LogP contribution in [0.5, 0.6) is 0 Å². The molecule has 112 valence electrons. The summed E-state index contributed by atoms with van der Waals surface area (Å²) in [5.41, 5.74) is 0.372. The Bertz CT molecular complexity index is 403. The molecule has 0 aliphatic carbocycles. The molecule has 1 aliphatic rings. The molecule has 1 unspecified atom stereocenters. The van der Waals surface area contributed by atoms with E-state index < -0.39 is 11.9 Å². The first-order chi connectivity index (χ1) is 9.08. The molecule has 0 spiro atoms. The van der Waals surface area contributed by atoms with E-state index >= 15 is 0 Å². The van der Waals surface area contributed by atoms with Crippen molar-refractivity contribution in [2.75, 3.05) is 0 Å². The molecule has 1 heterocycles. The summed E-state index contributed by atoms with van der Waals surface area (Å²) in [7, 11) is 0. The number of rotatable bonds is 3. The molecule has 1 fully saturated rings. The first kappa shape index (κ1) is 21.1. The quantitative estimate of drug-likeness (QED) is 0.295. The zero-order valence-electron chi connectivity index (χ0n) is 12.3. The van der Waals surface area contributed by atoms with Gasteiger partial charge < -0.3 is 10.1 Å². The Kier molecular flexibility index (Phi) is 12.2. The molecular weight excluding hydrogens is 428 g/mol. The van der Waals surface area contributed by atoms with Crippen molar-refractivity contribution in [2.45, 2.75) is 46.6 Å². The number of imide groups is 1. The zero-order valence-corrected chi connectivity index (χ0v) is 15.2. The average Bonchev–Trinajstić information content (AvgIpc) is 2.41. The molecule has 5 nitrogen and oxygen atoms in total. The Morgan fingerprint density at radius 2 is 1.95 bits per heavy atom. The fourth-order valence-corrected chi connectivity index (χ4v) is 1.50. The SMILES string of the molecule is CC.CC=[C-]/C(=C\C)C(=O)NC1CCC(=O)NC1=O.[W]. The van der Waals surface area contributed by atoms with Gasteiger partial charge in [0.2, 0.25) is 11.8 Å². The molecule has 1 rings (SSSR count). The second kappa shape index (κ2) is 11.6. The Hall–Kier alpha value is -1.22. The van der Waals surface area contributed by atoms with Crippen LogP contribution in [0.1, 0.15) is 40.5 Å². The first-order valence-corrected chi connectivity index (χ1v) is 6.43. The van der Waals surface area contributed by atoms with Crippen LogP contribution in [-0.2, 0) is 35.4 Å². The molecule has 20 heavy (non-hydrogen) atoms. The molecule has 0 aromatic carbocycles. The van der Waals surface area contributed by atoms with E-state index in [1.54, 1.807) is 26.0 Å². The number of hydrogen-bond acceptors (Lipinski definition) is 3. The molecule has 6 heteroatoms. The average molecular weight is 449 g/mol. The van der Waals surface area contributed by atoms with Crippen LogP contribution < -0.4 is 10.6 Å². The van der Waals surface area contributed by atoms with Gasteiger partial charge in [-0.15, -0.1) is 11.6 Å². The third kappa shape index (κ3) is 6.80. The summed E-state index contributed by atoms with van der Waals surface area (Å²) < 4.78 is 0. The summed E-state index contributed by atoms with van der Waals surface area (Å²) in [5, 5.41) is 4.75. The number of nitrogens with one attached hydrogen (secondary N) is 2. The van der Waals surface area contributed by atoms with E-state index in [1.165, 1.54) is 0 Å². The van der Waals surface area contributed by atoms with Gasteiger partial charge in [-0.25, -0.2) is 0 Å². The van der Waals surface area contributed by atoms with E-state index in [-0.39, 0.29) is 39.3 Å². The zero-order chi connectivity index (χ0) is 14.8. The van der Waals surface area contributed by atoms with Crippen LogP contribution in [0, 0.1) is 6.08 Å². The maximum Gasteiger partial charge on any atom is 0.248 e. The number of allylic oxidation sites excluding steroid dienone is 2. The van der Waals surface area contributed by atoms with Crippen molar-refractivity contribution in [3.63, 3.8) is 0 Å². The minimum absolute atomic E-state index is 0. The fourth-order valence-electron chi connectivity index (χ4n) is 1.50. The third-order valence-corrected chi connectivity index (χ3v) is 2.38. The fraction of sp³-hybridized carbons (Fsp3) is 0.500. The van der Waals surface area contributed by atoms with E-state index in [0.717, 1.165) is 0 Å². The maximum atomic E-state index is 11.7. The van der Waals surface area contributed by atoms with E-state index in [2.05, 4.69) is 16.7 Å². The molecule has 0 radical (unpaired) electrons. The molecule has 0 aromatic rings. The molecule has 3 amide bonds. The van der Waals surface area contributed by atoms with Gasteiger partial charge in [0.25, 0.3) is 0 Å². The molecule has 0 bridgehead atoms. The number of hydrogen-bond donors (Lipinski definition) is 2. The predicted molar refractivity (Wildman–Crippen MR) is 72.9 cm³/mol. The topological polar surface area (TPSA) is 75.3 Å². The van der Waals surface area contributed by atoms with Crippen LogP contribution >= 0.6 is 0 Å². The summed E-state index contributed by atoms with van der Waals surface area (Å²) in [6, 6.07) is -0.645. The van der Waals surface area contributed by atoms with Crippen LogP contribution in [0.4, 0.5) is 0 Å².